The maximum atomic E-state index is 12.1. The van der Waals surface area contributed by atoms with E-state index in [0.717, 1.165) is 58.1 Å². The lowest BCUT2D eigenvalue weighted by molar-refractivity contribution is -0.125. The molecular weight excluding hydrogens is 493 g/mol. The molecule has 3 saturated carbocycles. The van der Waals surface area contributed by atoms with E-state index in [9.17, 15) is 4.79 Å². The van der Waals surface area contributed by atoms with Crippen molar-refractivity contribution in [3.8, 4) is 0 Å². The first-order valence-electron chi connectivity index (χ1n) is 11.9. The zero-order valence-corrected chi connectivity index (χ0v) is 20.6. The molecule has 3 aliphatic carbocycles. The molecule has 7 nitrogen and oxygen atoms in total. The monoisotopic (exact) mass is 531 g/mol. The number of nitrogens with zero attached hydrogens (tertiary/aromatic N) is 3. The van der Waals surface area contributed by atoms with Crippen LogP contribution >= 0.6 is 24.0 Å². The van der Waals surface area contributed by atoms with Crippen LogP contribution in [0.4, 0.5) is 0 Å². The number of carbonyl (C=O) groups is 1. The van der Waals surface area contributed by atoms with Gasteiger partial charge < -0.3 is 20.3 Å². The molecule has 2 saturated heterocycles. The van der Waals surface area contributed by atoms with Crippen molar-refractivity contribution < 1.29 is 9.53 Å². The summed E-state index contributed by atoms with van der Waals surface area (Å²) in [6.07, 6.45) is 9.25. The number of hydrogen-bond acceptors (Lipinski definition) is 4. The van der Waals surface area contributed by atoms with Gasteiger partial charge in [0.15, 0.2) is 5.96 Å². The fourth-order valence-corrected chi connectivity index (χ4v) is 6.25. The standard InChI is InChI=1S/C22H37N5O2.HI/c1-2-23-21(25-19-17-7-14-29-20(17)22(19)8-3-4-9-22)27-12-10-26(11-13-27)15-18(28)24-16-5-6-16;/h16-17,19-20H,2-15H2,1H3,(H,23,25)(H,24,28);1H. The minimum absolute atomic E-state index is 0. The van der Waals surface area contributed by atoms with Gasteiger partial charge in [0.25, 0.3) is 0 Å². The van der Waals surface area contributed by atoms with E-state index < -0.39 is 0 Å². The van der Waals surface area contributed by atoms with Gasteiger partial charge in [0.05, 0.1) is 12.6 Å². The van der Waals surface area contributed by atoms with E-state index in [1.165, 1.54) is 32.1 Å². The van der Waals surface area contributed by atoms with Gasteiger partial charge in [0, 0.05) is 62.7 Å². The quantitative estimate of drug-likeness (QED) is 0.322. The van der Waals surface area contributed by atoms with Gasteiger partial charge in [-0.15, -0.1) is 24.0 Å². The number of carbonyl (C=O) groups excluding carboxylic acids is 1. The van der Waals surface area contributed by atoms with Crippen molar-refractivity contribution in [2.45, 2.75) is 70.1 Å². The third-order valence-corrected chi connectivity index (χ3v) is 7.86. The SMILES string of the molecule is CCN=C(NC1C2CCOC2C12CCCC2)N1CCN(CC(=O)NC2CC2)CC1.I. The minimum Gasteiger partial charge on any atom is -0.377 e. The highest BCUT2D eigenvalue weighted by molar-refractivity contribution is 14.0. The Labute approximate surface area is 197 Å². The molecule has 0 aromatic heterocycles. The van der Waals surface area contributed by atoms with Crippen molar-refractivity contribution in [2.24, 2.45) is 16.3 Å². The molecule has 0 aromatic rings. The molecule has 2 heterocycles. The molecular formula is C22H38IN5O2. The van der Waals surface area contributed by atoms with Gasteiger partial charge in [-0.1, -0.05) is 12.8 Å². The van der Waals surface area contributed by atoms with E-state index in [1.54, 1.807) is 0 Å². The van der Waals surface area contributed by atoms with Crippen LogP contribution in [0.15, 0.2) is 4.99 Å². The van der Waals surface area contributed by atoms with Gasteiger partial charge in [0.2, 0.25) is 5.91 Å². The Hall–Kier alpha value is -0.610. The lowest BCUT2D eigenvalue weighted by Crippen LogP contribution is -2.70. The second-order valence-electron chi connectivity index (χ2n) is 9.71. The summed E-state index contributed by atoms with van der Waals surface area (Å²) in [6, 6.07) is 0.968. The van der Waals surface area contributed by atoms with Crippen molar-refractivity contribution in [1.29, 1.82) is 0 Å². The molecule has 5 aliphatic rings. The number of ether oxygens (including phenoxy) is 1. The average molecular weight is 531 g/mol. The van der Waals surface area contributed by atoms with Gasteiger partial charge in [-0.2, -0.15) is 0 Å². The topological polar surface area (TPSA) is 69.2 Å². The summed E-state index contributed by atoms with van der Waals surface area (Å²) in [5.74, 6) is 1.92. The van der Waals surface area contributed by atoms with E-state index >= 15 is 0 Å². The number of guanidine groups is 1. The van der Waals surface area contributed by atoms with Crippen LogP contribution in [0.25, 0.3) is 0 Å². The Balaban J connectivity index is 0.00000218. The predicted octanol–water partition coefficient (Wildman–Crippen LogP) is 1.81. The van der Waals surface area contributed by atoms with Gasteiger partial charge in [-0.3, -0.25) is 14.7 Å². The molecule has 5 fully saturated rings. The smallest absolute Gasteiger partial charge is 0.234 e. The molecule has 3 atom stereocenters. The molecule has 8 heteroatoms. The van der Waals surface area contributed by atoms with Gasteiger partial charge in [-0.25, -0.2) is 0 Å². The third kappa shape index (κ3) is 4.33. The molecule has 0 radical (unpaired) electrons. The molecule has 1 amide bonds. The van der Waals surface area contributed by atoms with Crippen LogP contribution in [0.2, 0.25) is 0 Å². The van der Waals surface area contributed by atoms with Gasteiger partial charge in [0.1, 0.15) is 0 Å². The van der Waals surface area contributed by atoms with Crippen LogP contribution in [0.5, 0.6) is 0 Å². The molecule has 2 N–H and O–H groups in total. The number of aliphatic imine (C=N–C) groups is 1. The lowest BCUT2D eigenvalue weighted by atomic mass is 9.54. The Morgan fingerprint density at radius 3 is 2.50 bits per heavy atom. The fourth-order valence-electron chi connectivity index (χ4n) is 6.25. The van der Waals surface area contributed by atoms with Crippen LogP contribution < -0.4 is 10.6 Å². The van der Waals surface area contributed by atoms with Crippen LogP contribution in [0.1, 0.15) is 51.9 Å². The molecule has 3 unspecified atom stereocenters. The van der Waals surface area contributed by atoms with Crippen molar-refractivity contribution in [3.05, 3.63) is 0 Å². The zero-order valence-electron chi connectivity index (χ0n) is 18.3. The summed E-state index contributed by atoms with van der Waals surface area (Å²) in [5.41, 5.74) is 0.346. The van der Waals surface area contributed by atoms with Crippen molar-refractivity contribution >= 4 is 35.8 Å². The van der Waals surface area contributed by atoms with Gasteiger partial charge >= 0.3 is 0 Å². The maximum absolute atomic E-state index is 12.1. The first-order valence-corrected chi connectivity index (χ1v) is 11.9. The molecule has 0 aromatic carbocycles. The highest BCUT2D eigenvalue weighted by Crippen LogP contribution is 2.60. The Morgan fingerprint density at radius 2 is 1.83 bits per heavy atom. The molecule has 30 heavy (non-hydrogen) atoms. The summed E-state index contributed by atoms with van der Waals surface area (Å²) >= 11 is 0. The van der Waals surface area contributed by atoms with Crippen LogP contribution in [-0.2, 0) is 9.53 Å². The number of fused-ring (bicyclic) bond motifs is 2. The Kier molecular flexibility index (Phi) is 7.14. The highest BCUT2D eigenvalue weighted by atomic mass is 127. The summed E-state index contributed by atoms with van der Waals surface area (Å²) in [4.78, 5) is 21.7. The van der Waals surface area contributed by atoms with E-state index in [4.69, 9.17) is 9.73 Å². The molecule has 1 spiro atoms. The third-order valence-electron chi connectivity index (χ3n) is 7.86. The number of halogens is 1. The number of hydrogen-bond donors (Lipinski definition) is 2. The maximum Gasteiger partial charge on any atom is 0.234 e. The zero-order chi connectivity index (χ0) is 19.8. The summed E-state index contributed by atoms with van der Waals surface area (Å²) in [6.45, 7) is 8.10. The van der Waals surface area contributed by atoms with E-state index in [2.05, 4.69) is 27.4 Å². The Morgan fingerprint density at radius 1 is 1.10 bits per heavy atom. The van der Waals surface area contributed by atoms with E-state index in [1.807, 2.05) is 0 Å². The van der Waals surface area contributed by atoms with Crippen molar-refractivity contribution in [2.75, 3.05) is 45.9 Å². The first-order chi connectivity index (χ1) is 14.2. The number of amides is 1. The van der Waals surface area contributed by atoms with E-state index in [-0.39, 0.29) is 29.9 Å². The highest BCUT2D eigenvalue weighted by Gasteiger charge is 2.65. The van der Waals surface area contributed by atoms with Crippen molar-refractivity contribution in [1.82, 2.24) is 20.4 Å². The lowest BCUT2D eigenvalue weighted by Gasteiger charge is -2.57. The Bertz CT molecular complexity index is 641. The number of piperazine rings is 1. The predicted molar refractivity (Wildman–Crippen MR) is 128 cm³/mol. The normalized spacial score (nSPS) is 33.0. The molecule has 0 bridgehead atoms. The van der Waals surface area contributed by atoms with Gasteiger partial charge in [-0.05, 0) is 39.0 Å². The van der Waals surface area contributed by atoms with Crippen LogP contribution in [0, 0.1) is 11.3 Å². The molecule has 5 rings (SSSR count). The first kappa shape index (κ1) is 22.6. The van der Waals surface area contributed by atoms with Crippen molar-refractivity contribution in [3.63, 3.8) is 0 Å². The summed E-state index contributed by atoms with van der Waals surface area (Å²) in [5, 5.41) is 7.02. The molecule has 2 aliphatic heterocycles. The number of rotatable bonds is 5. The fraction of sp³-hybridized carbons (Fsp3) is 0.909. The number of nitrogens with one attached hydrogen (secondary N) is 2. The van der Waals surface area contributed by atoms with E-state index in [0.29, 0.717) is 36.1 Å². The summed E-state index contributed by atoms with van der Waals surface area (Å²) in [7, 11) is 0. The second-order valence-corrected chi connectivity index (χ2v) is 9.71. The minimum atomic E-state index is 0. The summed E-state index contributed by atoms with van der Waals surface area (Å²) < 4.78 is 6.15. The average Bonchev–Trinajstić information content (AvgIpc) is 3.20. The van der Waals surface area contributed by atoms with Crippen LogP contribution in [0.3, 0.4) is 0 Å². The second kappa shape index (κ2) is 9.48. The molecule has 170 valence electrons. The largest absolute Gasteiger partial charge is 0.377 e. The van der Waals surface area contributed by atoms with Crippen LogP contribution in [-0.4, -0.2) is 85.7 Å².